The molecule has 0 atom stereocenters. The third kappa shape index (κ3) is 4.11. The van der Waals surface area contributed by atoms with Gasteiger partial charge in [0.05, 0.1) is 21.6 Å². The van der Waals surface area contributed by atoms with Gasteiger partial charge in [-0.05, 0) is 29.6 Å². The highest BCUT2D eigenvalue weighted by Gasteiger charge is 2.22. The van der Waals surface area contributed by atoms with Crippen molar-refractivity contribution in [2.45, 2.75) is 31.6 Å². The largest absolute Gasteiger partial charge is 0.331 e. The highest BCUT2D eigenvalue weighted by molar-refractivity contribution is 7.89. The van der Waals surface area contributed by atoms with Crippen molar-refractivity contribution < 1.29 is 13.2 Å². The zero-order chi connectivity index (χ0) is 20.3. The molecule has 9 heteroatoms. The molecule has 0 aliphatic heterocycles. The van der Waals surface area contributed by atoms with E-state index < -0.39 is 10.0 Å². The number of benzene rings is 1. The van der Waals surface area contributed by atoms with E-state index in [1.807, 2.05) is 42.3 Å². The monoisotopic (exact) mass is 420 g/mol. The minimum Gasteiger partial charge on any atom is -0.331 e. The van der Waals surface area contributed by atoms with Crippen LogP contribution in [-0.2, 0) is 28.3 Å². The predicted octanol–water partition coefficient (Wildman–Crippen LogP) is 3.24. The molecule has 3 rings (SSSR count). The zero-order valence-electron chi connectivity index (χ0n) is 16.2. The summed E-state index contributed by atoms with van der Waals surface area (Å²) in [5, 5.41) is 6.64. The van der Waals surface area contributed by atoms with Gasteiger partial charge in [-0.2, -0.15) is 15.6 Å². The van der Waals surface area contributed by atoms with Gasteiger partial charge in [0.2, 0.25) is 15.9 Å². The Labute approximate surface area is 169 Å². The van der Waals surface area contributed by atoms with Crippen molar-refractivity contribution in [3.63, 3.8) is 0 Å². The van der Waals surface area contributed by atoms with E-state index in [-0.39, 0.29) is 10.8 Å². The van der Waals surface area contributed by atoms with E-state index in [2.05, 4.69) is 10.3 Å². The molecule has 3 aromatic rings. The molecule has 0 radical (unpaired) electrons. The lowest BCUT2D eigenvalue weighted by Crippen LogP contribution is -2.30. The van der Waals surface area contributed by atoms with Crippen LogP contribution in [-0.4, -0.2) is 41.3 Å². The van der Waals surface area contributed by atoms with Gasteiger partial charge in [-0.1, -0.05) is 13.8 Å². The maximum atomic E-state index is 12.7. The molecule has 0 saturated heterocycles. The molecule has 150 valence electrons. The topological polar surface area (TPSA) is 84.3 Å². The fourth-order valence-electron chi connectivity index (χ4n) is 3.11. The number of carbonyl (C=O) groups is 1. The van der Waals surface area contributed by atoms with Crippen molar-refractivity contribution in [1.82, 2.24) is 13.9 Å². The van der Waals surface area contributed by atoms with Crippen LogP contribution in [0.2, 0.25) is 0 Å². The number of rotatable bonds is 8. The summed E-state index contributed by atoms with van der Waals surface area (Å²) in [6.07, 6.45) is 0.775. The third-order valence-corrected chi connectivity index (χ3v) is 7.40. The van der Waals surface area contributed by atoms with Crippen molar-refractivity contribution in [3.8, 4) is 0 Å². The third-order valence-electron chi connectivity index (χ3n) is 4.67. The highest BCUT2D eigenvalue weighted by Crippen LogP contribution is 2.23. The maximum Gasteiger partial charge on any atom is 0.243 e. The van der Waals surface area contributed by atoms with Gasteiger partial charge in [-0.3, -0.25) is 4.79 Å². The molecule has 0 bridgehead atoms. The Bertz CT molecular complexity index is 1070. The number of nitrogens with zero attached hydrogens (tertiary/aromatic N) is 3. The number of carbonyl (C=O) groups excluding carboxylic acids is 1. The van der Waals surface area contributed by atoms with Crippen molar-refractivity contribution in [1.29, 1.82) is 0 Å². The zero-order valence-corrected chi connectivity index (χ0v) is 17.8. The first kappa shape index (κ1) is 20.5. The number of hydrogen-bond donors (Lipinski definition) is 1. The average Bonchev–Trinajstić information content (AvgIpc) is 3.28. The molecule has 1 aromatic carbocycles. The van der Waals surface area contributed by atoms with Gasteiger partial charge in [0.25, 0.3) is 0 Å². The summed E-state index contributed by atoms with van der Waals surface area (Å²) in [5.74, 6) is 0.670. The summed E-state index contributed by atoms with van der Waals surface area (Å²) in [6.45, 7) is 4.48. The number of aromatic nitrogens is 2. The van der Waals surface area contributed by atoms with E-state index in [4.69, 9.17) is 0 Å². The maximum absolute atomic E-state index is 12.7. The smallest absolute Gasteiger partial charge is 0.243 e. The molecule has 28 heavy (non-hydrogen) atoms. The lowest BCUT2D eigenvalue weighted by atomic mass is 10.3. The van der Waals surface area contributed by atoms with Crippen LogP contribution in [0.15, 0.2) is 39.9 Å². The predicted molar refractivity (Wildman–Crippen MR) is 112 cm³/mol. The van der Waals surface area contributed by atoms with Crippen LogP contribution in [0.25, 0.3) is 11.0 Å². The summed E-state index contributed by atoms with van der Waals surface area (Å²) >= 11 is 1.53. The quantitative estimate of drug-likeness (QED) is 0.606. The summed E-state index contributed by atoms with van der Waals surface area (Å²) in [4.78, 5) is 16.9. The number of fused-ring (bicyclic) bond motifs is 1. The number of anilines is 1. The van der Waals surface area contributed by atoms with Crippen molar-refractivity contribution in [2.24, 2.45) is 7.05 Å². The van der Waals surface area contributed by atoms with Crippen LogP contribution in [0.4, 0.5) is 5.69 Å². The van der Waals surface area contributed by atoms with Gasteiger partial charge in [0.15, 0.2) is 0 Å². The Balaban J connectivity index is 1.80. The normalized spacial score (nSPS) is 12.0. The number of sulfonamides is 1. The van der Waals surface area contributed by atoms with E-state index in [9.17, 15) is 13.2 Å². The molecule has 0 aliphatic carbocycles. The van der Waals surface area contributed by atoms with Gasteiger partial charge in [-0.15, -0.1) is 0 Å². The Morgan fingerprint density at radius 3 is 2.64 bits per heavy atom. The Morgan fingerprint density at radius 1 is 1.25 bits per heavy atom. The summed E-state index contributed by atoms with van der Waals surface area (Å²) in [5.41, 5.74) is 2.25. The molecular formula is C19H24N4O3S2. The van der Waals surface area contributed by atoms with Crippen molar-refractivity contribution in [2.75, 3.05) is 18.4 Å². The van der Waals surface area contributed by atoms with Gasteiger partial charge in [0.1, 0.15) is 5.82 Å². The number of hydrogen-bond acceptors (Lipinski definition) is 5. The standard InChI is InChI=1S/C19H24N4O3S2/c1-4-23(5-2)28(25,26)15-6-7-17-16(12-15)21-18(22(17)3)8-9-19(24)20-14-10-11-27-13-14/h6-7,10-13H,4-5,8-9H2,1-3H3,(H,20,24). The van der Waals surface area contributed by atoms with Crippen LogP contribution in [0, 0.1) is 0 Å². The van der Waals surface area contributed by atoms with Crippen LogP contribution < -0.4 is 5.32 Å². The molecule has 0 unspecified atom stereocenters. The highest BCUT2D eigenvalue weighted by atomic mass is 32.2. The average molecular weight is 421 g/mol. The first-order valence-corrected chi connectivity index (χ1v) is 11.5. The first-order valence-electron chi connectivity index (χ1n) is 9.14. The van der Waals surface area contributed by atoms with Crippen LogP contribution in [0.5, 0.6) is 0 Å². The second kappa shape index (κ2) is 8.42. The molecule has 7 nitrogen and oxygen atoms in total. The van der Waals surface area contributed by atoms with Crippen molar-refractivity contribution >= 4 is 44.0 Å². The Morgan fingerprint density at radius 2 is 2.00 bits per heavy atom. The van der Waals surface area contributed by atoms with Crippen LogP contribution >= 0.6 is 11.3 Å². The molecule has 2 aromatic heterocycles. The number of imidazole rings is 1. The number of nitrogens with one attached hydrogen (secondary N) is 1. The van der Waals surface area contributed by atoms with Gasteiger partial charge in [0, 0.05) is 38.4 Å². The van der Waals surface area contributed by atoms with Gasteiger partial charge < -0.3 is 9.88 Å². The molecule has 2 heterocycles. The van der Waals surface area contributed by atoms with E-state index in [0.717, 1.165) is 17.0 Å². The SMILES string of the molecule is CCN(CC)S(=O)(=O)c1ccc2c(c1)nc(CCC(=O)Nc1ccsc1)n2C. The lowest BCUT2D eigenvalue weighted by molar-refractivity contribution is -0.116. The second-order valence-electron chi connectivity index (χ2n) is 6.39. The molecule has 0 aliphatic rings. The second-order valence-corrected chi connectivity index (χ2v) is 9.11. The molecule has 0 fully saturated rings. The Kier molecular flexibility index (Phi) is 6.17. The minimum absolute atomic E-state index is 0.0738. The van der Waals surface area contributed by atoms with E-state index in [1.165, 1.54) is 15.6 Å². The molecule has 0 spiro atoms. The summed E-state index contributed by atoms with van der Waals surface area (Å²) in [7, 11) is -1.66. The summed E-state index contributed by atoms with van der Waals surface area (Å²) < 4.78 is 28.8. The molecule has 1 amide bonds. The molecular weight excluding hydrogens is 396 g/mol. The van der Waals surface area contributed by atoms with Crippen LogP contribution in [0.1, 0.15) is 26.1 Å². The number of thiophene rings is 1. The minimum atomic E-state index is -3.53. The van der Waals surface area contributed by atoms with Crippen molar-refractivity contribution in [3.05, 3.63) is 40.8 Å². The van der Waals surface area contributed by atoms with E-state index in [1.54, 1.807) is 18.2 Å². The molecule has 0 saturated carbocycles. The van der Waals surface area contributed by atoms with E-state index in [0.29, 0.717) is 31.4 Å². The fraction of sp³-hybridized carbons (Fsp3) is 0.368. The van der Waals surface area contributed by atoms with Crippen LogP contribution in [0.3, 0.4) is 0 Å². The number of aryl methyl sites for hydroxylation is 2. The van der Waals surface area contributed by atoms with Gasteiger partial charge in [-0.25, -0.2) is 13.4 Å². The van der Waals surface area contributed by atoms with Gasteiger partial charge >= 0.3 is 0 Å². The Hall–Kier alpha value is -2.23. The number of amides is 1. The molecule has 1 N–H and O–H groups in total. The first-order chi connectivity index (χ1) is 13.4. The summed E-state index contributed by atoms with van der Waals surface area (Å²) in [6, 6.07) is 6.85. The lowest BCUT2D eigenvalue weighted by Gasteiger charge is -2.18. The fourth-order valence-corrected chi connectivity index (χ4v) is 5.18. The van der Waals surface area contributed by atoms with E-state index >= 15 is 0 Å².